The minimum atomic E-state index is -0.159. The smallest absolute Gasteiger partial charge is 0.256 e. The maximum Gasteiger partial charge on any atom is 0.256 e. The Balaban J connectivity index is 1.57. The largest absolute Gasteiger partial charge is 0.431 e. The van der Waals surface area contributed by atoms with Crippen molar-refractivity contribution in [3.63, 3.8) is 0 Å². The van der Waals surface area contributed by atoms with E-state index in [1.807, 2.05) is 12.1 Å². The lowest BCUT2D eigenvalue weighted by Crippen LogP contribution is -2.13. The number of benzene rings is 2. The first-order valence-electron chi connectivity index (χ1n) is 7.00. The Labute approximate surface area is 153 Å². The van der Waals surface area contributed by atoms with Crippen molar-refractivity contribution in [2.24, 2.45) is 0 Å². The molecule has 1 aromatic heterocycles. The molecular formula is C17H12Cl2N2O2S. The van der Waals surface area contributed by atoms with Gasteiger partial charge < -0.3 is 9.73 Å². The zero-order chi connectivity index (χ0) is 16.9. The molecule has 0 bridgehead atoms. The van der Waals surface area contributed by atoms with Crippen molar-refractivity contribution >= 4 is 46.6 Å². The van der Waals surface area contributed by atoms with Gasteiger partial charge in [-0.25, -0.2) is 4.98 Å². The zero-order valence-electron chi connectivity index (χ0n) is 12.3. The summed E-state index contributed by atoms with van der Waals surface area (Å²) in [6.45, 7) is 0. The molecule has 7 heteroatoms. The van der Waals surface area contributed by atoms with Crippen LogP contribution >= 0.6 is 35.0 Å². The second kappa shape index (κ2) is 7.75. The third kappa shape index (κ3) is 4.54. The second-order valence-electron chi connectivity index (χ2n) is 4.84. The predicted molar refractivity (Wildman–Crippen MR) is 97.8 cm³/mol. The quantitative estimate of drug-likeness (QED) is 0.605. The molecule has 0 aliphatic rings. The van der Waals surface area contributed by atoms with Crippen LogP contribution < -0.4 is 5.32 Å². The number of oxazole rings is 1. The Hall–Kier alpha value is -1.95. The molecule has 0 atom stereocenters. The highest BCUT2D eigenvalue weighted by atomic mass is 35.5. The summed E-state index contributed by atoms with van der Waals surface area (Å²) in [7, 11) is 0. The average Bonchev–Trinajstić information content (AvgIpc) is 3.03. The highest BCUT2D eigenvalue weighted by Gasteiger charge is 2.10. The van der Waals surface area contributed by atoms with Gasteiger partial charge in [-0.1, -0.05) is 41.0 Å². The first-order valence-corrected chi connectivity index (χ1v) is 8.74. The molecule has 1 amide bonds. The number of nitrogens with one attached hydrogen (secondary N) is 1. The molecule has 0 saturated carbocycles. The summed E-state index contributed by atoms with van der Waals surface area (Å²) in [5, 5.41) is 4.43. The predicted octanol–water partition coefficient (Wildman–Crippen LogP) is 5.38. The van der Waals surface area contributed by atoms with Gasteiger partial charge >= 0.3 is 0 Å². The van der Waals surface area contributed by atoms with Crippen molar-refractivity contribution in [2.45, 2.75) is 5.22 Å². The molecule has 4 nitrogen and oxygen atoms in total. The molecule has 122 valence electrons. The van der Waals surface area contributed by atoms with E-state index in [0.717, 1.165) is 5.56 Å². The van der Waals surface area contributed by atoms with Crippen molar-refractivity contribution in [3.05, 3.63) is 64.8 Å². The van der Waals surface area contributed by atoms with E-state index in [2.05, 4.69) is 10.3 Å². The fourth-order valence-electron chi connectivity index (χ4n) is 1.96. The lowest BCUT2D eigenvalue weighted by molar-refractivity contribution is -0.113. The number of anilines is 1. The van der Waals surface area contributed by atoms with E-state index in [9.17, 15) is 4.79 Å². The van der Waals surface area contributed by atoms with Gasteiger partial charge in [-0.05, 0) is 42.5 Å². The minimum Gasteiger partial charge on any atom is -0.431 e. The summed E-state index contributed by atoms with van der Waals surface area (Å²) < 4.78 is 5.64. The first-order chi connectivity index (χ1) is 11.6. The van der Waals surface area contributed by atoms with Gasteiger partial charge in [0, 0.05) is 21.3 Å². The van der Waals surface area contributed by atoms with E-state index >= 15 is 0 Å². The number of carbonyl (C=O) groups is 1. The third-order valence-corrected chi connectivity index (χ3v) is 4.38. The van der Waals surface area contributed by atoms with Crippen molar-refractivity contribution < 1.29 is 9.21 Å². The number of halogens is 2. The number of amides is 1. The zero-order valence-corrected chi connectivity index (χ0v) is 14.7. The summed E-state index contributed by atoms with van der Waals surface area (Å²) in [5.41, 5.74) is 1.53. The molecule has 3 aromatic rings. The van der Waals surface area contributed by atoms with Gasteiger partial charge in [0.05, 0.1) is 11.9 Å². The SMILES string of the molecule is O=C(CSc1ncc(-c2ccc(Cl)cc2)o1)Nc1cccc(Cl)c1. The van der Waals surface area contributed by atoms with Crippen LogP contribution in [0.1, 0.15) is 0 Å². The van der Waals surface area contributed by atoms with Gasteiger partial charge in [0.2, 0.25) is 5.91 Å². The second-order valence-corrected chi connectivity index (χ2v) is 6.64. The number of aromatic nitrogens is 1. The number of thioether (sulfide) groups is 1. The maximum absolute atomic E-state index is 12.0. The molecule has 24 heavy (non-hydrogen) atoms. The molecule has 3 rings (SSSR count). The molecule has 0 radical (unpaired) electrons. The van der Waals surface area contributed by atoms with Gasteiger partial charge in [0.1, 0.15) is 0 Å². The summed E-state index contributed by atoms with van der Waals surface area (Å²) in [6, 6.07) is 14.3. The van der Waals surface area contributed by atoms with E-state index in [1.54, 1.807) is 42.6 Å². The monoisotopic (exact) mass is 378 g/mol. The van der Waals surface area contributed by atoms with Crippen LogP contribution in [0.15, 0.2) is 64.4 Å². The number of rotatable bonds is 5. The van der Waals surface area contributed by atoms with Crippen LogP contribution in [0.2, 0.25) is 10.0 Å². The first kappa shape index (κ1) is 16.9. The Bertz CT molecular complexity index is 850. The molecule has 0 fully saturated rings. The molecule has 2 aromatic carbocycles. The highest BCUT2D eigenvalue weighted by molar-refractivity contribution is 7.99. The summed E-state index contributed by atoms with van der Waals surface area (Å²) in [6.07, 6.45) is 1.63. The number of hydrogen-bond donors (Lipinski definition) is 1. The van der Waals surface area contributed by atoms with Gasteiger partial charge in [0.25, 0.3) is 5.22 Å². The Morgan fingerprint density at radius 3 is 2.67 bits per heavy atom. The number of hydrogen-bond acceptors (Lipinski definition) is 4. The van der Waals surface area contributed by atoms with E-state index in [-0.39, 0.29) is 11.7 Å². The van der Waals surface area contributed by atoms with Gasteiger partial charge in [-0.3, -0.25) is 4.79 Å². The van der Waals surface area contributed by atoms with Crippen molar-refractivity contribution in [1.82, 2.24) is 4.98 Å². The lowest BCUT2D eigenvalue weighted by Gasteiger charge is -2.04. The number of carbonyl (C=O) groups excluding carboxylic acids is 1. The third-order valence-electron chi connectivity index (χ3n) is 3.05. The molecular weight excluding hydrogens is 367 g/mol. The molecule has 0 aliphatic carbocycles. The standard InChI is InChI=1S/C17H12Cl2N2O2S/c18-12-6-4-11(5-7-12)15-9-20-17(23-15)24-10-16(22)21-14-3-1-2-13(19)8-14/h1-9H,10H2,(H,21,22). The summed E-state index contributed by atoms with van der Waals surface area (Å²) in [5.74, 6) is 0.658. The molecule has 1 N–H and O–H groups in total. The van der Waals surface area contributed by atoms with Gasteiger partial charge in [-0.2, -0.15) is 0 Å². The molecule has 0 unspecified atom stereocenters. The molecule has 1 heterocycles. The van der Waals surface area contributed by atoms with Crippen LogP contribution in [0.5, 0.6) is 0 Å². The van der Waals surface area contributed by atoms with Crippen molar-refractivity contribution in [2.75, 3.05) is 11.1 Å². The van der Waals surface area contributed by atoms with Crippen LogP contribution in [-0.4, -0.2) is 16.6 Å². The summed E-state index contributed by atoms with van der Waals surface area (Å²) in [4.78, 5) is 16.1. The molecule has 0 spiro atoms. The Morgan fingerprint density at radius 2 is 1.92 bits per heavy atom. The van der Waals surface area contributed by atoms with E-state index in [4.69, 9.17) is 27.6 Å². The highest BCUT2D eigenvalue weighted by Crippen LogP contribution is 2.26. The van der Waals surface area contributed by atoms with Crippen LogP contribution in [0.25, 0.3) is 11.3 Å². The van der Waals surface area contributed by atoms with Crippen LogP contribution in [0.3, 0.4) is 0 Å². The topological polar surface area (TPSA) is 55.1 Å². The fourth-order valence-corrected chi connectivity index (χ4v) is 2.88. The maximum atomic E-state index is 12.0. The van der Waals surface area contributed by atoms with Crippen LogP contribution in [0, 0.1) is 0 Å². The summed E-state index contributed by atoms with van der Waals surface area (Å²) >= 11 is 13.0. The minimum absolute atomic E-state index is 0.159. The van der Waals surface area contributed by atoms with Gasteiger partial charge in [-0.15, -0.1) is 0 Å². The molecule has 0 aliphatic heterocycles. The molecule has 0 saturated heterocycles. The van der Waals surface area contributed by atoms with Crippen LogP contribution in [-0.2, 0) is 4.79 Å². The Kier molecular flexibility index (Phi) is 5.45. The van der Waals surface area contributed by atoms with Crippen molar-refractivity contribution in [1.29, 1.82) is 0 Å². The fraction of sp³-hybridized carbons (Fsp3) is 0.0588. The van der Waals surface area contributed by atoms with E-state index in [0.29, 0.717) is 26.7 Å². The average molecular weight is 379 g/mol. The van der Waals surface area contributed by atoms with E-state index < -0.39 is 0 Å². The lowest BCUT2D eigenvalue weighted by atomic mass is 10.2. The Morgan fingerprint density at radius 1 is 1.12 bits per heavy atom. The van der Waals surface area contributed by atoms with Gasteiger partial charge in [0.15, 0.2) is 5.76 Å². The van der Waals surface area contributed by atoms with Crippen molar-refractivity contribution in [3.8, 4) is 11.3 Å². The van der Waals surface area contributed by atoms with Crippen LogP contribution in [0.4, 0.5) is 5.69 Å². The van der Waals surface area contributed by atoms with E-state index in [1.165, 1.54) is 11.8 Å². The normalized spacial score (nSPS) is 10.6. The number of nitrogens with zero attached hydrogens (tertiary/aromatic N) is 1.